The molecule has 0 fully saturated rings. The average Bonchev–Trinajstić information content (AvgIpc) is 2.42. The molecule has 0 aromatic heterocycles. The molecule has 2 aromatic rings. The number of hydrogen-bond acceptors (Lipinski definition) is 2. The lowest BCUT2D eigenvalue weighted by atomic mass is 10.1. The Bertz CT molecular complexity index is 552. The minimum atomic E-state index is -0.571. The first-order chi connectivity index (χ1) is 9.67. The van der Waals surface area contributed by atoms with Gasteiger partial charge in [-0.15, -0.1) is 0 Å². The Labute approximate surface area is 117 Å². The van der Waals surface area contributed by atoms with E-state index < -0.39 is 11.6 Å². The molecule has 0 saturated carbocycles. The van der Waals surface area contributed by atoms with E-state index in [0.717, 1.165) is 30.2 Å². The fourth-order valence-electron chi connectivity index (χ4n) is 2.04. The van der Waals surface area contributed by atoms with Crippen LogP contribution in [0.1, 0.15) is 17.5 Å². The highest BCUT2D eigenvalue weighted by Crippen LogP contribution is 2.14. The second kappa shape index (κ2) is 7.01. The number of nitrogens with one attached hydrogen (secondary N) is 1. The molecule has 20 heavy (non-hydrogen) atoms. The number of aryl methyl sites for hydroxylation is 1. The van der Waals surface area contributed by atoms with Gasteiger partial charge in [-0.25, -0.2) is 8.78 Å². The SMILES string of the molecule is OCCCc1cccc(NCc2cc(F)cc(F)c2)c1. The van der Waals surface area contributed by atoms with E-state index in [1.54, 1.807) is 0 Å². The fourth-order valence-corrected chi connectivity index (χ4v) is 2.04. The number of rotatable bonds is 6. The first-order valence-electron chi connectivity index (χ1n) is 6.56. The molecule has 0 unspecified atom stereocenters. The first-order valence-corrected chi connectivity index (χ1v) is 6.56. The number of aliphatic hydroxyl groups excluding tert-OH is 1. The van der Waals surface area contributed by atoms with Gasteiger partial charge in [0.05, 0.1) is 0 Å². The Hall–Kier alpha value is -1.94. The van der Waals surface area contributed by atoms with Crippen LogP contribution in [0.25, 0.3) is 0 Å². The van der Waals surface area contributed by atoms with Crippen LogP contribution in [0.4, 0.5) is 14.5 Å². The lowest BCUT2D eigenvalue weighted by Gasteiger charge is -2.09. The third-order valence-corrected chi connectivity index (χ3v) is 2.97. The monoisotopic (exact) mass is 277 g/mol. The molecule has 2 N–H and O–H groups in total. The van der Waals surface area contributed by atoms with E-state index in [2.05, 4.69) is 5.32 Å². The van der Waals surface area contributed by atoms with Crippen molar-refractivity contribution in [3.8, 4) is 0 Å². The highest BCUT2D eigenvalue weighted by molar-refractivity contribution is 5.46. The molecule has 0 aliphatic heterocycles. The van der Waals surface area contributed by atoms with Crippen molar-refractivity contribution < 1.29 is 13.9 Å². The molecule has 0 heterocycles. The summed E-state index contributed by atoms with van der Waals surface area (Å²) in [4.78, 5) is 0. The number of halogens is 2. The molecular formula is C16H17F2NO. The molecule has 0 aliphatic rings. The van der Waals surface area contributed by atoms with Crippen molar-refractivity contribution in [2.24, 2.45) is 0 Å². The minimum Gasteiger partial charge on any atom is -0.396 e. The van der Waals surface area contributed by atoms with Gasteiger partial charge in [0.25, 0.3) is 0 Å². The standard InChI is InChI=1S/C16H17F2NO/c17-14-7-13(8-15(18)10-14)11-19-16-5-1-3-12(9-16)4-2-6-20/h1,3,5,7-10,19-20H,2,4,6,11H2. The molecule has 0 radical (unpaired) electrons. The first kappa shape index (κ1) is 14.5. The smallest absolute Gasteiger partial charge is 0.126 e. The number of benzene rings is 2. The Morgan fingerprint density at radius 2 is 1.70 bits per heavy atom. The molecule has 0 aliphatic carbocycles. The van der Waals surface area contributed by atoms with E-state index in [1.165, 1.54) is 12.1 Å². The van der Waals surface area contributed by atoms with Crippen LogP contribution in [-0.4, -0.2) is 11.7 Å². The van der Waals surface area contributed by atoms with Gasteiger partial charge >= 0.3 is 0 Å². The Morgan fingerprint density at radius 3 is 2.40 bits per heavy atom. The van der Waals surface area contributed by atoms with Crippen LogP contribution in [0.15, 0.2) is 42.5 Å². The predicted molar refractivity (Wildman–Crippen MR) is 75.5 cm³/mol. The largest absolute Gasteiger partial charge is 0.396 e. The molecule has 0 amide bonds. The maximum atomic E-state index is 13.1. The summed E-state index contributed by atoms with van der Waals surface area (Å²) in [5.74, 6) is -1.14. The molecule has 2 rings (SSSR count). The van der Waals surface area contributed by atoms with Crippen molar-refractivity contribution in [3.63, 3.8) is 0 Å². The van der Waals surface area contributed by atoms with Crippen molar-refractivity contribution in [2.75, 3.05) is 11.9 Å². The van der Waals surface area contributed by atoms with E-state index in [1.807, 2.05) is 24.3 Å². The maximum absolute atomic E-state index is 13.1. The lowest BCUT2D eigenvalue weighted by molar-refractivity contribution is 0.288. The van der Waals surface area contributed by atoms with Crippen LogP contribution >= 0.6 is 0 Å². The van der Waals surface area contributed by atoms with E-state index in [0.29, 0.717) is 12.1 Å². The molecule has 106 valence electrons. The van der Waals surface area contributed by atoms with Crippen LogP contribution in [-0.2, 0) is 13.0 Å². The third-order valence-electron chi connectivity index (χ3n) is 2.97. The van der Waals surface area contributed by atoms with E-state index >= 15 is 0 Å². The van der Waals surface area contributed by atoms with Crippen LogP contribution in [0, 0.1) is 11.6 Å². The van der Waals surface area contributed by atoms with Gasteiger partial charge in [0.15, 0.2) is 0 Å². The van der Waals surface area contributed by atoms with Gasteiger partial charge in [0.2, 0.25) is 0 Å². The highest BCUT2D eigenvalue weighted by Gasteiger charge is 2.01. The predicted octanol–water partition coefficient (Wildman–Crippen LogP) is 3.50. The van der Waals surface area contributed by atoms with Gasteiger partial charge < -0.3 is 10.4 Å². The van der Waals surface area contributed by atoms with E-state index in [4.69, 9.17) is 5.11 Å². The van der Waals surface area contributed by atoms with Crippen molar-refractivity contribution in [3.05, 3.63) is 65.2 Å². The van der Waals surface area contributed by atoms with Crippen LogP contribution < -0.4 is 5.32 Å². The van der Waals surface area contributed by atoms with E-state index in [9.17, 15) is 8.78 Å². The number of anilines is 1. The number of hydrogen-bond donors (Lipinski definition) is 2. The summed E-state index contributed by atoms with van der Waals surface area (Å²) in [6.07, 6.45) is 1.53. The van der Waals surface area contributed by atoms with Gasteiger partial charge in [0, 0.05) is 24.9 Å². The highest BCUT2D eigenvalue weighted by atomic mass is 19.1. The molecule has 0 saturated heterocycles. The fraction of sp³-hybridized carbons (Fsp3) is 0.250. The third kappa shape index (κ3) is 4.31. The zero-order valence-corrected chi connectivity index (χ0v) is 11.1. The van der Waals surface area contributed by atoms with Crippen LogP contribution in [0.2, 0.25) is 0 Å². The van der Waals surface area contributed by atoms with Crippen molar-refractivity contribution >= 4 is 5.69 Å². The van der Waals surface area contributed by atoms with Crippen LogP contribution in [0.5, 0.6) is 0 Å². The van der Waals surface area contributed by atoms with Gasteiger partial charge in [-0.1, -0.05) is 12.1 Å². The Morgan fingerprint density at radius 1 is 0.950 bits per heavy atom. The second-order valence-corrected chi connectivity index (χ2v) is 4.66. The summed E-state index contributed by atoms with van der Waals surface area (Å²) < 4.78 is 26.1. The van der Waals surface area contributed by atoms with Crippen molar-refractivity contribution in [2.45, 2.75) is 19.4 Å². The lowest BCUT2D eigenvalue weighted by Crippen LogP contribution is -2.01. The summed E-state index contributed by atoms with van der Waals surface area (Å²) in [5, 5.41) is 12.0. The van der Waals surface area contributed by atoms with Crippen molar-refractivity contribution in [1.29, 1.82) is 0 Å². The van der Waals surface area contributed by atoms with E-state index in [-0.39, 0.29) is 6.61 Å². The summed E-state index contributed by atoms with van der Waals surface area (Å²) in [7, 11) is 0. The molecule has 0 bridgehead atoms. The minimum absolute atomic E-state index is 0.167. The molecule has 4 heteroatoms. The molecule has 0 spiro atoms. The topological polar surface area (TPSA) is 32.3 Å². The van der Waals surface area contributed by atoms with Crippen LogP contribution in [0.3, 0.4) is 0 Å². The molecule has 0 atom stereocenters. The maximum Gasteiger partial charge on any atom is 0.126 e. The second-order valence-electron chi connectivity index (χ2n) is 4.66. The molecular weight excluding hydrogens is 260 g/mol. The quantitative estimate of drug-likeness (QED) is 0.847. The summed E-state index contributed by atoms with van der Waals surface area (Å²) in [5.41, 5.74) is 2.57. The molecule has 2 nitrogen and oxygen atoms in total. The van der Waals surface area contributed by atoms with Gasteiger partial charge in [-0.2, -0.15) is 0 Å². The average molecular weight is 277 g/mol. The zero-order chi connectivity index (χ0) is 14.4. The van der Waals surface area contributed by atoms with Crippen molar-refractivity contribution in [1.82, 2.24) is 0 Å². The van der Waals surface area contributed by atoms with Gasteiger partial charge in [0.1, 0.15) is 11.6 Å². The number of aliphatic hydroxyl groups is 1. The normalized spacial score (nSPS) is 10.6. The Balaban J connectivity index is 1.99. The molecule has 2 aromatic carbocycles. The van der Waals surface area contributed by atoms with Gasteiger partial charge in [-0.3, -0.25) is 0 Å². The van der Waals surface area contributed by atoms with Gasteiger partial charge in [-0.05, 0) is 48.2 Å². The summed E-state index contributed by atoms with van der Waals surface area (Å²) in [6, 6.07) is 11.3. The summed E-state index contributed by atoms with van der Waals surface area (Å²) >= 11 is 0. The zero-order valence-electron chi connectivity index (χ0n) is 11.1. The summed E-state index contributed by atoms with van der Waals surface area (Å²) in [6.45, 7) is 0.526. The Kier molecular flexibility index (Phi) is 5.07.